The van der Waals surface area contributed by atoms with Crippen LogP contribution in [0.25, 0.3) is 0 Å². The van der Waals surface area contributed by atoms with Crippen LogP contribution in [-0.2, 0) is 11.3 Å². The summed E-state index contributed by atoms with van der Waals surface area (Å²) in [4.78, 5) is 8.86. The molecule has 0 fully saturated rings. The van der Waals surface area contributed by atoms with Crippen molar-refractivity contribution in [1.29, 1.82) is 0 Å². The van der Waals surface area contributed by atoms with E-state index >= 15 is 0 Å². The van der Waals surface area contributed by atoms with Gasteiger partial charge in [-0.25, -0.2) is 4.99 Å². The van der Waals surface area contributed by atoms with Gasteiger partial charge in [0.05, 0.1) is 0 Å². The molecule has 3 N–H and O–H groups in total. The Balaban J connectivity index is 2.71. The Kier molecular flexibility index (Phi) is 10.2. The van der Waals surface area contributed by atoms with Gasteiger partial charge in [0, 0.05) is 26.3 Å². The molecule has 0 amide bonds. The van der Waals surface area contributed by atoms with E-state index in [2.05, 4.69) is 39.6 Å². The highest BCUT2D eigenvalue weighted by Gasteiger charge is 2.25. The molecule has 1 aromatic rings. The van der Waals surface area contributed by atoms with Crippen molar-refractivity contribution in [3.63, 3.8) is 0 Å². The highest BCUT2D eigenvalue weighted by atomic mass is 16.5. The lowest BCUT2D eigenvalue weighted by Crippen LogP contribution is -2.43. The molecule has 0 saturated carbocycles. The second kappa shape index (κ2) is 11.9. The van der Waals surface area contributed by atoms with Gasteiger partial charge in [-0.3, -0.25) is 0 Å². The van der Waals surface area contributed by atoms with Gasteiger partial charge in [-0.2, -0.15) is 4.98 Å². The zero-order valence-electron chi connectivity index (χ0n) is 16.8. The molecule has 0 radical (unpaired) electrons. The molecule has 26 heavy (non-hydrogen) atoms. The smallest absolute Gasteiger partial charge is 0.248 e. The van der Waals surface area contributed by atoms with Crippen molar-refractivity contribution in [3.8, 4) is 0 Å². The Bertz CT molecular complexity index is 529. The fourth-order valence-corrected chi connectivity index (χ4v) is 2.76. The third-order valence-corrected chi connectivity index (χ3v) is 4.75. The van der Waals surface area contributed by atoms with Crippen LogP contribution in [0.5, 0.6) is 0 Å². The van der Waals surface area contributed by atoms with Crippen LogP contribution in [-0.4, -0.2) is 47.5 Å². The molecular weight excluding hydrogens is 334 g/mol. The van der Waals surface area contributed by atoms with Gasteiger partial charge in [0.15, 0.2) is 11.8 Å². The van der Waals surface area contributed by atoms with Gasteiger partial charge in [-0.15, -0.1) is 0 Å². The molecule has 1 aromatic heterocycles. The third-order valence-electron chi connectivity index (χ3n) is 4.75. The Labute approximate surface area is 156 Å². The van der Waals surface area contributed by atoms with Crippen molar-refractivity contribution >= 4 is 5.96 Å². The number of guanidine groups is 1. The van der Waals surface area contributed by atoms with Crippen LogP contribution in [0, 0.1) is 5.41 Å². The molecule has 0 aliphatic carbocycles. The molecule has 0 bridgehead atoms. The van der Waals surface area contributed by atoms with Gasteiger partial charge in [0.25, 0.3) is 0 Å². The number of hydrogen-bond acceptors (Lipinski definition) is 6. The van der Waals surface area contributed by atoms with Crippen LogP contribution in [0.15, 0.2) is 9.52 Å². The van der Waals surface area contributed by atoms with Gasteiger partial charge in [-0.1, -0.05) is 19.0 Å². The summed E-state index contributed by atoms with van der Waals surface area (Å²) in [6.07, 6.45) is 2.58. The molecule has 0 spiro atoms. The third kappa shape index (κ3) is 6.92. The summed E-state index contributed by atoms with van der Waals surface area (Å²) in [5.41, 5.74) is 0.0650. The average Bonchev–Trinajstić information content (AvgIpc) is 3.12. The molecule has 1 heterocycles. The van der Waals surface area contributed by atoms with E-state index in [1.165, 1.54) is 0 Å². The topological polar surface area (TPSA) is 105 Å². The number of aromatic nitrogens is 2. The van der Waals surface area contributed by atoms with E-state index < -0.39 is 0 Å². The zero-order chi connectivity index (χ0) is 19.4. The van der Waals surface area contributed by atoms with Crippen molar-refractivity contribution in [3.05, 3.63) is 11.7 Å². The zero-order valence-corrected chi connectivity index (χ0v) is 16.8. The van der Waals surface area contributed by atoms with Crippen LogP contribution in [0.2, 0.25) is 0 Å². The van der Waals surface area contributed by atoms with E-state index in [1.54, 1.807) is 0 Å². The number of hydrogen-bond donors (Lipinski definition) is 3. The lowest BCUT2D eigenvalue weighted by atomic mass is 9.79. The number of ether oxygens (including phenoxy) is 1. The van der Waals surface area contributed by atoms with Crippen molar-refractivity contribution in [2.75, 3.05) is 26.3 Å². The molecule has 150 valence electrons. The van der Waals surface area contributed by atoms with Crippen LogP contribution in [0.3, 0.4) is 0 Å². The second-order valence-electron chi connectivity index (χ2n) is 6.37. The summed E-state index contributed by atoms with van der Waals surface area (Å²) < 4.78 is 10.7. The van der Waals surface area contributed by atoms with Crippen LogP contribution >= 0.6 is 0 Å². The van der Waals surface area contributed by atoms with Gasteiger partial charge in [-0.05, 0) is 45.4 Å². The maximum atomic E-state index is 9.36. The molecule has 0 saturated heterocycles. The molecule has 0 aliphatic rings. The SMILES string of the molecule is CCNC(=NCc1nc(C(C)OCC)no1)NCC(CC)(CC)CCO. The minimum absolute atomic E-state index is 0.0650. The Morgan fingerprint density at radius 3 is 2.58 bits per heavy atom. The fraction of sp³-hybridized carbons (Fsp3) is 0.833. The van der Waals surface area contributed by atoms with E-state index in [9.17, 15) is 5.11 Å². The standard InChI is InChI=1S/C18H35N5O3/c1-6-18(7-2,10-11-24)13-21-17(19-8-3)20-12-15-22-16(23-26-15)14(5)25-9-4/h14,24H,6-13H2,1-5H3,(H2,19,20,21). The maximum Gasteiger partial charge on any atom is 0.248 e. The minimum Gasteiger partial charge on any atom is -0.396 e. The molecular formula is C18H35N5O3. The maximum absolute atomic E-state index is 9.36. The Morgan fingerprint density at radius 1 is 1.27 bits per heavy atom. The molecule has 0 aliphatic heterocycles. The summed E-state index contributed by atoms with van der Waals surface area (Å²) in [5.74, 6) is 1.69. The normalized spacial score (nSPS) is 13.7. The van der Waals surface area contributed by atoms with Gasteiger partial charge < -0.3 is 25.0 Å². The van der Waals surface area contributed by atoms with Gasteiger partial charge in [0.2, 0.25) is 5.89 Å². The van der Waals surface area contributed by atoms with Crippen molar-refractivity contribution < 1.29 is 14.4 Å². The predicted molar refractivity (Wildman–Crippen MR) is 102 cm³/mol. The number of nitrogens with one attached hydrogen (secondary N) is 2. The van der Waals surface area contributed by atoms with Crippen molar-refractivity contribution in [1.82, 2.24) is 20.8 Å². The largest absolute Gasteiger partial charge is 0.396 e. The van der Waals surface area contributed by atoms with E-state index in [1.807, 2.05) is 20.8 Å². The first-order valence-electron chi connectivity index (χ1n) is 9.61. The summed E-state index contributed by atoms with van der Waals surface area (Å²) in [5, 5.41) is 19.9. The average molecular weight is 370 g/mol. The monoisotopic (exact) mass is 369 g/mol. The van der Waals surface area contributed by atoms with Crippen LogP contribution in [0.4, 0.5) is 0 Å². The lowest BCUT2D eigenvalue weighted by molar-refractivity contribution is 0.0683. The van der Waals surface area contributed by atoms with E-state index in [0.29, 0.717) is 30.8 Å². The first-order valence-corrected chi connectivity index (χ1v) is 9.61. The summed E-state index contributed by atoms with van der Waals surface area (Å²) in [6.45, 7) is 12.8. The van der Waals surface area contributed by atoms with Gasteiger partial charge >= 0.3 is 0 Å². The highest BCUT2D eigenvalue weighted by Crippen LogP contribution is 2.29. The minimum atomic E-state index is -0.193. The van der Waals surface area contributed by atoms with Crippen molar-refractivity contribution in [2.45, 2.75) is 66.5 Å². The summed E-state index contributed by atoms with van der Waals surface area (Å²) >= 11 is 0. The number of rotatable bonds is 12. The van der Waals surface area contributed by atoms with Crippen LogP contribution in [0.1, 0.15) is 71.7 Å². The van der Waals surface area contributed by atoms with E-state index in [4.69, 9.17) is 9.26 Å². The summed E-state index contributed by atoms with van der Waals surface area (Å²) in [6, 6.07) is 0. The molecule has 1 rings (SSSR count). The number of aliphatic imine (C=N–C) groups is 1. The van der Waals surface area contributed by atoms with Crippen molar-refractivity contribution in [2.24, 2.45) is 10.4 Å². The first-order chi connectivity index (χ1) is 12.5. The number of nitrogens with zero attached hydrogens (tertiary/aromatic N) is 3. The van der Waals surface area contributed by atoms with Gasteiger partial charge in [0.1, 0.15) is 12.6 Å². The molecule has 1 atom stereocenters. The van der Waals surface area contributed by atoms with E-state index in [0.717, 1.165) is 32.4 Å². The van der Waals surface area contributed by atoms with Crippen LogP contribution < -0.4 is 10.6 Å². The fourth-order valence-electron chi connectivity index (χ4n) is 2.76. The number of aliphatic hydroxyl groups excluding tert-OH is 1. The molecule has 8 nitrogen and oxygen atoms in total. The molecule has 8 heteroatoms. The highest BCUT2D eigenvalue weighted by molar-refractivity contribution is 5.79. The Hall–Kier alpha value is -1.67. The first kappa shape index (κ1) is 22.4. The summed E-state index contributed by atoms with van der Waals surface area (Å²) in [7, 11) is 0. The lowest BCUT2D eigenvalue weighted by Gasteiger charge is -2.32. The molecule has 0 aromatic carbocycles. The number of aliphatic hydroxyl groups is 1. The van der Waals surface area contributed by atoms with E-state index in [-0.39, 0.29) is 18.1 Å². The quantitative estimate of drug-likeness (QED) is 0.384. The molecule has 1 unspecified atom stereocenters. The Morgan fingerprint density at radius 2 is 2.00 bits per heavy atom. The predicted octanol–water partition coefficient (Wildman–Crippen LogP) is 2.41. The second-order valence-corrected chi connectivity index (χ2v) is 6.37.